The smallest absolute Gasteiger partial charge is 0.319 e. The predicted molar refractivity (Wildman–Crippen MR) is 88.4 cm³/mol. The highest BCUT2D eigenvalue weighted by Gasteiger charge is 2.22. The first kappa shape index (κ1) is 19.2. The van der Waals surface area contributed by atoms with Crippen molar-refractivity contribution < 1.29 is 23.8 Å². The van der Waals surface area contributed by atoms with Crippen LogP contribution in [0.25, 0.3) is 0 Å². The first-order chi connectivity index (χ1) is 10.6. The fraction of sp³-hybridized carbons (Fsp3) is 0.467. The highest BCUT2D eigenvalue weighted by molar-refractivity contribution is 9.10. The van der Waals surface area contributed by atoms with Crippen molar-refractivity contribution in [3.05, 3.63) is 22.4 Å². The zero-order chi connectivity index (χ0) is 17.6. The molecule has 2 amide bonds. The standard InChI is InChI=1S/C15H20BrFN2O4/c1-4-23-12-7-9(16)10(17)8-11(12)18-14(22)19-15(2,3)6-5-13(20)21/h7-8H,4-6H2,1-3H3,(H,20,21)(H2,18,19,22). The number of carboxylic acid groups (broad SMARTS) is 1. The predicted octanol–water partition coefficient (Wildman–Crippen LogP) is 3.75. The number of nitrogens with one attached hydrogen (secondary N) is 2. The summed E-state index contributed by atoms with van der Waals surface area (Å²) in [5.41, 5.74) is -0.526. The van der Waals surface area contributed by atoms with Crippen LogP contribution in [-0.2, 0) is 4.79 Å². The molecule has 0 aliphatic carbocycles. The number of halogens is 2. The second kappa shape index (κ2) is 8.14. The summed E-state index contributed by atoms with van der Waals surface area (Å²) in [7, 11) is 0. The van der Waals surface area contributed by atoms with Gasteiger partial charge in [0.1, 0.15) is 11.6 Å². The summed E-state index contributed by atoms with van der Waals surface area (Å²) in [6.07, 6.45) is 0.202. The highest BCUT2D eigenvalue weighted by Crippen LogP contribution is 2.31. The van der Waals surface area contributed by atoms with Gasteiger partial charge in [-0.1, -0.05) is 0 Å². The molecule has 0 fully saturated rings. The minimum Gasteiger partial charge on any atom is -0.492 e. The summed E-state index contributed by atoms with van der Waals surface area (Å²) in [5, 5.41) is 13.9. The molecule has 0 unspecified atom stereocenters. The molecule has 128 valence electrons. The van der Waals surface area contributed by atoms with E-state index in [2.05, 4.69) is 26.6 Å². The van der Waals surface area contributed by atoms with Gasteiger partial charge in [-0.15, -0.1) is 0 Å². The van der Waals surface area contributed by atoms with Crippen LogP contribution in [0.2, 0.25) is 0 Å². The molecule has 0 bridgehead atoms. The fourth-order valence-electron chi connectivity index (χ4n) is 1.84. The van der Waals surface area contributed by atoms with Crippen molar-refractivity contribution in [1.82, 2.24) is 5.32 Å². The third-order valence-corrected chi connectivity index (χ3v) is 3.59. The first-order valence-electron chi connectivity index (χ1n) is 7.07. The minimum atomic E-state index is -0.936. The van der Waals surface area contributed by atoms with E-state index in [1.165, 1.54) is 6.07 Å². The molecule has 1 rings (SSSR count). The number of hydrogen-bond acceptors (Lipinski definition) is 3. The van der Waals surface area contributed by atoms with E-state index in [9.17, 15) is 14.0 Å². The quantitative estimate of drug-likeness (QED) is 0.661. The average molecular weight is 391 g/mol. The molecule has 1 aromatic rings. The van der Waals surface area contributed by atoms with E-state index in [0.717, 1.165) is 6.07 Å². The Bertz CT molecular complexity index is 593. The van der Waals surface area contributed by atoms with Gasteiger partial charge in [-0.3, -0.25) is 4.79 Å². The van der Waals surface area contributed by atoms with E-state index in [1.807, 2.05) is 0 Å². The molecule has 0 atom stereocenters. The number of carbonyl (C=O) groups is 2. The van der Waals surface area contributed by atoms with Gasteiger partial charge in [0.25, 0.3) is 0 Å². The number of benzene rings is 1. The van der Waals surface area contributed by atoms with Crippen molar-refractivity contribution in [3.63, 3.8) is 0 Å². The van der Waals surface area contributed by atoms with E-state index >= 15 is 0 Å². The number of urea groups is 1. The van der Waals surface area contributed by atoms with E-state index in [4.69, 9.17) is 9.84 Å². The van der Waals surface area contributed by atoms with Gasteiger partial charge >= 0.3 is 12.0 Å². The van der Waals surface area contributed by atoms with E-state index < -0.39 is 23.4 Å². The van der Waals surface area contributed by atoms with Crippen LogP contribution in [0.3, 0.4) is 0 Å². The molecule has 0 saturated heterocycles. The number of carboxylic acids is 1. The largest absolute Gasteiger partial charge is 0.492 e. The third-order valence-electron chi connectivity index (χ3n) is 2.99. The molecule has 0 aliphatic heterocycles. The second-order valence-corrected chi connectivity index (χ2v) is 6.41. The molecule has 0 spiro atoms. The van der Waals surface area contributed by atoms with Gasteiger partial charge in [-0.25, -0.2) is 9.18 Å². The first-order valence-corrected chi connectivity index (χ1v) is 7.86. The van der Waals surface area contributed by atoms with Gasteiger partial charge < -0.3 is 20.5 Å². The maximum absolute atomic E-state index is 13.7. The number of carbonyl (C=O) groups excluding carboxylic acids is 1. The number of aliphatic carboxylic acids is 1. The highest BCUT2D eigenvalue weighted by atomic mass is 79.9. The molecule has 0 radical (unpaired) electrons. The molecule has 0 aromatic heterocycles. The summed E-state index contributed by atoms with van der Waals surface area (Å²) in [5.74, 6) is -1.14. The molecular weight excluding hydrogens is 371 g/mol. The number of anilines is 1. The Labute approximate surface area is 142 Å². The fourth-order valence-corrected chi connectivity index (χ4v) is 2.17. The lowest BCUT2D eigenvalue weighted by Crippen LogP contribution is -2.45. The van der Waals surface area contributed by atoms with Crippen LogP contribution in [0, 0.1) is 5.82 Å². The van der Waals surface area contributed by atoms with Crippen molar-refractivity contribution in [2.75, 3.05) is 11.9 Å². The lowest BCUT2D eigenvalue weighted by molar-refractivity contribution is -0.137. The van der Waals surface area contributed by atoms with Gasteiger partial charge in [0.05, 0.1) is 16.8 Å². The van der Waals surface area contributed by atoms with E-state index in [-0.39, 0.29) is 23.0 Å². The molecule has 1 aromatic carbocycles. The van der Waals surface area contributed by atoms with Gasteiger partial charge in [0.2, 0.25) is 0 Å². The van der Waals surface area contributed by atoms with Crippen molar-refractivity contribution in [2.45, 2.75) is 39.2 Å². The van der Waals surface area contributed by atoms with Crippen LogP contribution < -0.4 is 15.4 Å². The Morgan fingerprint density at radius 3 is 2.61 bits per heavy atom. The monoisotopic (exact) mass is 390 g/mol. The van der Waals surface area contributed by atoms with Crippen LogP contribution >= 0.6 is 15.9 Å². The molecule has 23 heavy (non-hydrogen) atoms. The number of rotatable bonds is 7. The zero-order valence-corrected chi connectivity index (χ0v) is 14.8. The van der Waals surface area contributed by atoms with E-state index in [0.29, 0.717) is 12.4 Å². The maximum atomic E-state index is 13.7. The van der Waals surface area contributed by atoms with Crippen molar-refractivity contribution in [2.24, 2.45) is 0 Å². The van der Waals surface area contributed by atoms with Crippen LogP contribution in [0.15, 0.2) is 16.6 Å². The third kappa shape index (κ3) is 6.43. The number of ether oxygens (including phenoxy) is 1. The maximum Gasteiger partial charge on any atom is 0.319 e. The summed E-state index contributed by atoms with van der Waals surface area (Å²) in [4.78, 5) is 22.7. The molecule has 0 heterocycles. The normalized spacial score (nSPS) is 11.0. The van der Waals surface area contributed by atoms with Gasteiger partial charge in [-0.05, 0) is 49.2 Å². The van der Waals surface area contributed by atoms with Gasteiger partial charge in [-0.2, -0.15) is 0 Å². The lowest BCUT2D eigenvalue weighted by atomic mass is 9.99. The van der Waals surface area contributed by atoms with Crippen molar-refractivity contribution >= 4 is 33.6 Å². The Hall–Kier alpha value is -1.83. The molecule has 0 aliphatic rings. The Morgan fingerprint density at radius 1 is 1.39 bits per heavy atom. The van der Waals surface area contributed by atoms with Crippen LogP contribution in [0.5, 0.6) is 5.75 Å². The van der Waals surface area contributed by atoms with Crippen LogP contribution in [0.4, 0.5) is 14.9 Å². The van der Waals surface area contributed by atoms with Gasteiger partial charge in [0.15, 0.2) is 0 Å². The molecule has 6 nitrogen and oxygen atoms in total. The van der Waals surface area contributed by atoms with Crippen molar-refractivity contribution in [3.8, 4) is 5.75 Å². The summed E-state index contributed by atoms with van der Waals surface area (Å²) >= 11 is 3.06. The number of amides is 2. The molecule has 0 saturated carbocycles. The zero-order valence-electron chi connectivity index (χ0n) is 13.2. The van der Waals surface area contributed by atoms with Crippen LogP contribution in [-0.4, -0.2) is 29.3 Å². The lowest BCUT2D eigenvalue weighted by Gasteiger charge is -2.26. The Morgan fingerprint density at radius 2 is 2.04 bits per heavy atom. The molecule has 3 N–H and O–H groups in total. The number of hydrogen-bond donors (Lipinski definition) is 3. The van der Waals surface area contributed by atoms with Crippen LogP contribution in [0.1, 0.15) is 33.6 Å². The summed E-state index contributed by atoms with van der Waals surface area (Å²) in [6.45, 7) is 5.55. The van der Waals surface area contributed by atoms with Crippen molar-refractivity contribution in [1.29, 1.82) is 0 Å². The Kier molecular flexibility index (Phi) is 6.80. The molecular formula is C15H20BrFN2O4. The Balaban J connectivity index is 2.80. The topological polar surface area (TPSA) is 87.7 Å². The van der Waals surface area contributed by atoms with Gasteiger partial charge in [0, 0.05) is 18.0 Å². The SMILES string of the molecule is CCOc1cc(Br)c(F)cc1NC(=O)NC(C)(C)CCC(=O)O. The second-order valence-electron chi connectivity index (χ2n) is 5.55. The summed E-state index contributed by atoms with van der Waals surface area (Å²) < 4.78 is 19.3. The summed E-state index contributed by atoms with van der Waals surface area (Å²) in [6, 6.07) is 2.02. The van der Waals surface area contributed by atoms with E-state index in [1.54, 1.807) is 20.8 Å². The minimum absolute atomic E-state index is 0.0651. The average Bonchev–Trinajstić information content (AvgIpc) is 2.42. The molecule has 8 heteroatoms.